The number of nitro benzene ring substituents is 1. The average Bonchev–Trinajstić information content (AvgIpc) is 2.27. The normalized spacial score (nSPS) is 12.5. The minimum absolute atomic E-state index is 0.0551. The molecule has 0 amide bonds. The maximum absolute atomic E-state index is 10.9. The zero-order valence-corrected chi connectivity index (χ0v) is 10.5. The molecule has 100 valence electrons. The van der Waals surface area contributed by atoms with Crippen molar-refractivity contribution in [1.29, 1.82) is 0 Å². The first-order valence-electron chi connectivity index (χ1n) is 5.55. The number of para-hydroxylation sites is 1. The summed E-state index contributed by atoms with van der Waals surface area (Å²) in [6.45, 7) is 2.63. The minimum Gasteiger partial charge on any atom is -0.392 e. The molecular formula is C11H18N4O3. The number of anilines is 1. The molecule has 0 spiro atoms. The quantitative estimate of drug-likeness (QED) is 0.392. The van der Waals surface area contributed by atoms with Crippen molar-refractivity contribution >= 4 is 11.4 Å². The SMILES string of the molecule is CC(O)CN(C)Cc1cccc([N+](=O)[O-])c1NN. The first-order chi connectivity index (χ1) is 8.45. The smallest absolute Gasteiger partial charge is 0.293 e. The Morgan fingerprint density at radius 1 is 1.61 bits per heavy atom. The number of nitrogens with two attached hydrogens (primary N) is 1. The lowest BCUT2D eigenvalue weighted by molar-refractivity contribution is -0.384. The molecule has 0 fully saturated rings. The molecule has 0 saturated heterocycles. The molecule has 1 unspecified atom stereocenters. The summed E-state index contributed by atoms with van der Waals surface area (Å²) in [4.78, 5) is 12.2. The fraction of sp³-hybridized carbons (Fsp3) is 0.455. The molecule has 7 nitrogen and oxygen atoms in total. The lowest BCUT2D eigenvalue weighted by Crippen LogP contribution is -2.27. The van der Waals surface area contributed by atoms with E-state index >= 15 is 0 Å². The molecule has 0 aromatic heterocycles. The number of nitrogen functional groups attached to an aromatic ring is 1. The van der Waals surface area contributed by atoms with Gasteiger partial charge in [-0.3, -0.25) is 20.9 Å². The zero-order valence-electron chi connectivity index (χ0n) is 10.5. The predicted molar refractivity (Wildman–Crippen MR) is 68.9 cm³/mol. The number of hydrogen-bond acceptors (Lipinski definition) is 6. The van der Waals surface area contributed by atoms with Crippen molar-refractivity contribution in [2.24, 2.45) is 5.84 Å². The van der Waals surface area contributed by atoms with Crippen LogP contribution in [0.4, 0.5) is 11.4 Å². The lowest BCUT2D eigenvalue weighted by atomic mass is 10.1. The number of likely N-dealkylation sites (N-methyl/N-ethyl adjacent to an activating group) is 1. The van der Waals surface area contributed by atoms with Gasteiger partial charge in [-0.1, -0.05) is 12.1 Å². The molecule has 0 aliphatic rings. The van der Waals surface area contributed by atoms with Gasteiger partial charge in [-0.15, -0.1) is 0 Å². The summed E-state index contributed by atoms with van der Waals surface area (Å²) < 4.78 is 0. The van der Waals surface area contributed by atoms with Crippen LogP contribution in [-0.2, 0) is 6.54 Å². The Morgan fingerprint density at radius 3 is 2.78 bits per heavy atom. The zero-order chi connectivity index (χ0) is 13.7. The molecule has 0 saturated carbocycles. The van der Waals surface area contributed by atoms with Crippen molar-refractivity contribution < 1.29 is 10.0 Å². The predicted octanol–water partition coefficient (Wildman–Crippen LogP) is 0.693. The Hall–Kier alpha value is -1.70. The average molecular weight is 254 g/mol. The third-order valence-electron chi connectivity index (χ3n) is 2.49. The number of benzene rings is 1. The van der Waals surface area contributed by atoms with Crippen LogP contribution in [0.1, 0.15) is 12.5 Å². The Kier molecular flexibility index (Phi) is 5.02. The number of rotatable bonds is 6. The fourth-order valence-corrected chi connectivity index (χ4v) is 1.84. The molecule has 7 heteroatoms. The first kappa shape index (κ1) is 14.4. The first-order valence-corrected chi connectivity index (χ1v) is 5.55. The van der Waals surface area contributed by atoms with Crippen LogP contribution in [0.5, 0.6) is 0 Å². The highest BCUT2D eigenvalue weighted by atomic mass is 16.6. The molecule has 18 heavy (non-hydrogen) atoms. The van der Waals surface area contributed by atoms with Crippen LogP contribution in [0.2, 0.25) is 0 Å². The highest BCUT2D eigenvalue weighted by Gasteiger charge is 2.17. The van der Waals surface area contributed by atoms with Gasteiger partial charge in [-0.25, -0.2) is 0 Å². The van der Waals surface area contributed by atoms with Crippen molar-refractivity contribution in [3.63, 3.8) is 0 Å². The van der Waals surface area contributed by atoms with E-state index in [-0.39, 0.29) is 5.69 Å². The van der Waals surface area contributed by atoms with E-state index in [1.165, 1.54) is 6.07 Å². The van der Waals surface area contributed by atoms with E-state index in [0.717, 1.165) is 5.56 Å². The minimum atomic E-state index is -0.479. The van der Waals surface area contributed by atoms with E-state index in [0.29, 0.717) is 18.8 Å². The Bertz CT molecular complexity index is 423. The number of nitrogens with zero attached hydrogens (tertiary/aromatic N) is 2. The van der Waals surface area contributed by atoms with E-state index < -0.39 is 11.0 Å². The van der Waals surface area contributed by atoms with Gasteiger partial charge in [0.1, 0.15) is 5.69 Å². The van der Waals surface area contributed by atoms with Crippen molar-refractivity contribution in [3.05, 3.63) is 33.9 Å². The van der Waals surface area contributed by atoms with Gasteiger partial charge >= 0.3 is 0 Å². The monoisotopic (exact) mass is 254 g/mol. The topological polar surface area (TPSA) is 105 Å². The number of hydrazine groups is 1. The number of aliphatic hydroxyl groups excluding tert-OH is 1. The largest absolute Gasteiger partial charge is 0.392 e. The molecule has 0 aliphatic heterocycles. The van der Waals surface area contributed by atoms with E-state index in [4.69, 9.17) is 5.84 Å². The van der Waals surface area contributed by atoms with Crippen LogP contribution in [0.15, 0.2) is 18.2 Å². The molecule has 4 N–H and O–H groups in total. The van der Waals surface area contributed by atoms with Gasteiger partial charge < -0.3 is 10.5 Å². The summed E-state index contributed by atoms with van der Waals surface area (Å²) in [5.74, 6) is 5.34. The van der Waals surface area contributed by atoms with Crippen molar-refractivity contribution in [2.75, 3.05) is 19.0 Å². The second kappa shape index (κ2) is 6.29. The molecule has 0 heterocycles. The van der Waals surface area contributed by atoms with Crippen LogP contribution in [-0.4, -0.2) is 34.6 Å². The van der Waals surface area contributed by atoms with Gasteiger partial charge in [0, 0.05) is 19.2 Å². The molecule has 1 atom stereocenters. The highest BCUT2D eigenvalue weighted by molar-refractivity contribution is 5.65. The Labute approximate surface area is 105 Å². The maximum Gasteiger partial charge on any atom is 0.293 e. The third kappa shape index (κ3) is 3.66. The molecule has 0 radical (unpaired) electrons. The highest BCUT2D eigenvalue weighted by Crippen LogP contribution is 2.28. The summed E-state index contributed by atoms with van der Waals surface area (Å²) in [6, 6.07) is 4.78. The summed E-state index contributed by atoms with van der Waals surface area (Å²) in [7, 11) is 1.83. The van der Waals surface area contributed by atoms with E-state index in [1.54, 1.807) is 19.1 Å². The standard InChI is InChI=1S/C11H18N4O3/c1-8(16)6-14(2)7-9-4-3-5-10(15(17)18)11(9)13-12/h3-5,8,13,16H,6-7,12H2,1-2H3. The van der Waals surface area contributed by atoms with Crippen LogP contribution in [0, 0.1) is 10.1 Å². The number of nitrogens with one attached hydrogen (secondary N) is 1. The maximum atomic E-state index is 10.9. The Morgan fingerprint density at radius 2 is 2.28 bits per heavy atom. The number of aliphatic hydroxyl groups is 1. The molecule has 0 aliphatic carbocycles. The summed E-state index contributed by atoms with van der Waals surface area (Å²) in [6.07, 6.45) is -0.456. The molecule has 0 bridgehead atoms. The van der Waals surface area contributed by atoms with Crippen LogP contribution in [0.3, 0.4) is 0 Å². The molecular weight excluding hydrogens is 236 g/mol. The summed E-state index contributed by atoms with van der Waals surface area (Å²) in [5.41, 5.74) is 3.34. The molecule has 1 aromatic rings. The molecule has 1 aromatic carbocycles. The van der Waals surface area contributed by atoms with Gasteiger partial charge in [0.15, 0.2) is 0 Å². The summed E-state index contributed by atoms with van der Waals surface area (Å²) in [5, 5.41) is 20.1. The van der Waals surface area contributed by atoms with Crippen LogP contribution < -0.4 is 11.3 Å². The number of nitro groups is 1. The van der Waals surface area contributed by atoms with Crippen molar-refractivity contribution in [3.8, 4) is 0 Å². The third-order valence-corrected chi connectivity index (χ3v) is 2.49. The van der Waals surface area contributed by atoms with E-state index in [2.05, 4.69) is 5.43 Å². The number of hydrogen-bond donors (Lipinski definition) is 3. The van der Waals surface area contributed by atoms with Crippen LogP contribution in [0.25, 0.3) is 0 Å². The molecule has 1 rings (SSSR count). The lowest BCUT2D eigenvalue weighted by Gasteiger charge is -2.19. The van der Waals surface area contributed by atoms with Crippen molar-refractivity contribution in [2.45, 2.75) is 19.6 Å². The Balaban J connectivity index is 2.95. The van der Waals surface area contributed by atoms with E-state index in [1.807, 2.05) is 11.9 Å². The van der Waals surface area contributed by atoms with Crippen molar-refractivity contribution in [1.82, 2.24) is 4.90 Å². The second-order valence-corrected chi connectivity index (χ2v) is 4.26. The van der Waals surface area contributed by atoms with Gasteiger partial charge in [-0.2, -0.15) is 0 Å². The second-order valence-electron chi connectivity index (χ2n) is 4.26. The van der Waals surface area contributed by atoms with Gasteiger partial charge in [0.05, 0.1) is 11.0 Å². The van der Waals surface area contributed by atoms with Crippen LogP contribution >= 0.6 is 0 Å². The van der Waals surface area contributed by atoms with Gasteiger partial charge in [-0.05, 0) is 19.5 Å². The summed E-state index contributed by atoms with van der Waals surface area (Å²) >= 11 is 0. The van der Waals surface area contributed by atoms with E-state index in [9.17, 15) is 15.2 Å². The fourth-order valence-electron chi connectivity index (χ4n) is 1.84. The van der Waals surface area contributed by atoms with Gasteiger partial charge in [0.25, 0.3) is 5.69 Å². The van der Waals surface area contributed by atoms with Gasteiger partial charge in [0.2, 0.25) is 0 Å².